The molecule has 1 atom stereocenters. The lowest BCUT2D eigenvalue weighted by Crippen LogP contribution is -2.46. The molecule has 2 heterocycles. The summed E-state index contributed by atoms with van der Waals surface area (Å²) < 4.78 is 6.32. The maximum Gasteiger partial charge on any atom is 0.237 e. The molecule has 1 aliphatic heterocycles. The number of amides is 1. The van der Waals surface area contributed by atoms with Crippen LogP contribution in [0.4, 0.5) is 0 Å². The predicted octanol–water partition coefficient (Wildman–Crippen LogP) is 2.30. The topological polar surface area (TPSA) is 64.4 Å². The van der Waals surface area contributed by atoms with Gasteiger partial charge in [0.25, 0.3) is 0 Å². The lowest BCUT2D eigenvalue weighted by molar-refractivity contribution is -0.124. The molecule has 1 fully saturated rings. The molecule has 2 rings (SSSR count). The number of carbonyl (C=O) groups excluding carboxylic acids is 1. The van der Waals surface area contributed by atoms with E-state index in [1.54, 1.807) is 11.3 Å². The Morgan fingerprint density at radius 1 is 1.58 bits per heavy atom. The van der Waals surface area contributed by atoms with Crippen molar-refractivity contribution in [2.45, 2.75) is 25.4 Å². The van der Waals surface area contributed by atoms with Crippen molar-refractivity contribution in [1.82, 2.24) is 5.32 Å². The summed E-state index contributed by atoms with van der Waals surface area (Å²) in [5.74, 6) is 0.181. The molecule has 19 heavy (non-hydrogen) atoms. The van der Waals surface area contributed by atoms with Crippen LogP contribution in [0.25, 0.3) is 0 Å². The van der Waals surface area contributed by atoms with E-state index in [-0.39, 0.29) is 24.2 Å². The van der Waals surface area contributed by atoms with Gasteiger partial charge in [-0.2, -0.15) is 0 Å². The van der Waals surface area contributed by atoms with Gasteiger partial charge in [0.2, 0.25) is 5.91 Å². The fraction of sp³-hybridized carbons (Fsp3) is 0.583. The Labute approximate surface area is 131 Å². The van der Waals surface area contributed by atoms with Gasteiger partial charge in [0, 0.05) is 27.9 Å². The molecule has 3 N–H and O–H groups in total. The second kappa shape index (κ2) is 8.21. The molecule has 0 spiro atoms. The van der Waals surface area contributed by atoms with E-state index in [0.29, 0.717) is 19.8 Å². The normalized spacial score (nSPS) is 17.6. The molecule has 1 saturated heterocycles. The van der Waals surface area contributed by atoms with E-state index in [1.807, 2.05) is 11.4 Å². The first-order valence-electron chi connectivity index (χ1n) is 6.01. The minimum Gasteiger partial charge on any atom is -0.381 e. The number of hydrogen-bond acceptors (Lipinski definition) is 4. The highest BCUT2D eigenvalue weighted by Gasteiger charge is 2.26. The molecule has 4 nitrogen and oxygen atoms in total. The van der Waals surface area contributed by atoms with Crippen LogP contribution >= 0.6 is 39.7 Å². The fourth-order valence-corrected chi connectivity index (χ4v) is 3.42. The van der Waals surface area contributed by atoms with E-state index in [0.717, 1.165) is 22.2 Å². The maximum absolute atomic E-state index is 11.9. The number of thiophene rings is 1. The van der Waals surface area contributed by atoms with E-state index in [9.17, 15) is 4.79 Å². The third-order valence-electron chi connectivity index (χ3n) is 3.14. The summed E-state index contributed by atoms with van der Waals surface area (Å²) in [4.78, 5) is 13.1. The Morgan fingerprint density at radius 2 is 2.26 bits per heavy atom. The number of ether oxygens (including phenoxy) is 1. The Hall–Kier alpha value is -0.140. The van der Waals surface area contributed by atoms with Crippen molar-refractivity contribution in [2.24, 2.45) is 11.7 Å². The Kier molecular flexibility index (Phi) is 7.31. The molecule has 1 aliphatic rings. The molecule has 0 saturated carbocycles. The SMILES string of the molecule is Cl.NC(C(=O)NCc1cc(Br)cs1)C1CCOCC1. The Morgan fingerprint density at radius 3 is 2.84 bits per heavy atom. The Bertz CT molecular complexity index is 410. The first-order valence-corrected chi connectivity index (χ1v) is 7.68. The minimum absolute atomic E-state index is 0. The summed E-state index contributed by atoms with van der Waals surface area (Å²) in [6.45, 7) is 1.97. The van der Waals surface area contributed by atoms with E-state index in [2.05, 4.69) is 21.2 Å². The van der Waals surface area contributed by atoms with Gasteiger partial charge in [-0.1, -0.05) is 0 Å². The highest BCUT2D eigenvalue weighted by Crippen LogP contribution is 2.20. The molecule has 108 valence electrons. The van der Waals surface area contributed by atoms with Crippen LogP contribution in [0.1, 0.15) is 17.7 Å². The van der Waals surface area contributed by atoms with Crippen LogP contribution in [0.2, 0.25) is 0 Å². The van der Waals surface area contributed by atoms with E-state index >= 15 is 0 Å². The van der Waals surface area contributed by atoms with Crippen LogP contribution in [0.15, 0.2) is 15.9 Å². The second-order valence-corrected chi connectivity index (χ2v) is 6.34. The third kappa shape index (κ3) is 5.04. The summed E-state index contributed by atoms with van der Waals surface area (Å²) in [5.41, 5.74) is 5.99. The molecule has 0 aliphatic carbocycles. The van der Waals surface area contributed by atoms with Crippen LogP contribution in [0.3, 0.4) is 0 Å². The average Bonchev–Trinajstić information content (AvgIpc) is 2.82. The molecule has 0 radical (unpaired) electrons. The number of rotatable bonds is 4. The van der Waals surface area contributed by atoms with Gasteiger partial charge < -0.3 is 15.8 Å². The highest BCUT2D eigenvalue weighted by atomic mass is 79.9. The van der Waals surface area contributed by atoms with Crippen LogP contribution in [0.5, 0.6) is 0 Å². The molecule has 1 aromatic heterocycles. The molecule has 1 aromatic rings. The van der Waals surface area contributed by atoms with Crippen molar-refractivity contribution in [2.75, 3.05) is 13.2 Å². The third-order valence-corrected chi connectivity index (χ3v) is 4.83. The highest BCUT2D eigenvalue weighted by molar-refractivity contribution is 9.10. The molecular weight excluding hydrogens is 352 g/mol. The van der Waals surface area contributed by atoms with Crippen molar-refractivity contribution in [3.63, 3.8) is 0 Å². The predicted molar refractivity (Wildman–Crippen MR) is 82.6 cm³/mol. The van der Waals surface area contributed by atoms with Crippen molar-refractivity contribution in [3.05, 3.63) is 20.8 Å². The summed E-state index contributed by atoms with van der Waals surface area (Å²) >= 11 is 5.01. The van der Waals surface area contributed by atoms with Crippen molar-refractivity contribution < 1.29 is 9.53 Å². The molecule has 1 unspecified atom stereocenters. The molecular formula is C12H18BrClN2O2S. The first kappa shape index (κ1) is 16.9. The van der Waals surface area contributed by atoms with Crippen LogP contribution in [0, 0.1) is 5.92 Å². The van der Waals surface area contributed by atoms with Gasteiger partial charge in [-0.3, -0.25) is 4.79 Å². The zero-order valence-electron chi connectivity index (χ0n) is 10.4. The number of nitrogens with one attached hydrogen (secondary N) is 1. The summed E-state index contributed by atoms with van der Waals surface area (Å²) in [5, 5.41) is 4.89. The smallest absolute Gasteiger partial charge is 0.237 e. The van der Waals surface area contributed by atoms with Crippen molar-refractivity contribution in [3.8, 4) is 0 Å². The molecule has 0 bridgehead atoms. The lowest BCUT2D eigenvalue weighted by Gasteiger charge is -2.26. The van der Waals surface area contributed by atoms with Crippen molar-refractivity contribution >= 4 is 45.6 Å². The monoisotopic (exact) mass is 368 g/mol. The first-order chi connectivity index (χ1) is 8.66. The van der Waals surface area contributed by atoms with Crippen LogP contribution < -0.4 is 11.1 Å². The van der Waals surface area contributed by atoms with Gasteiger partial charge in [-0.05, 0) is 40.8 Å². The number of hydrogen-bond donors (Lipinski definition) is 2. The number of halogens is 2. The summed E-state index contributed by atoms with van der Waals surface area (Å²) in [7, 11) is 0. The fourth-order valence-electron chi connectivity index (χ4n) is 2.03. The van der Waals surface area contributed by atoms with Crippen LogP contribution in [-0.2, 0) is 16.1 Å². The number of nitrogens with two attached hydrogens (primary N) is 1. The number of carbonyl (C=O) groups is 1. The standard InChI is InChI=1S/C12H17BrN2O2S.ClH/c13-9-5-10(18-7-9)6-15-12(16)11(14)8-1-3-17-4-2-8;/h5,7-8,11H,1-4,6,14H2,(H,15,16);1H. The zero-order valence-corrected chi connectivity index (χ0v) is 13.7. The van der Waals surface area contributed by atoms with Crippen LogP contribution in [-0.4, -0.2) is 25.2 Å². The van der Waals surface area contributed by atoms with E-state index in [1.165, 1.54) is 0 Å². The van der Waals surface area contributed by atoms with Gasteiger partial charge in [0.15, 0.2) is 0 Å². The minimum atomic E-state index is -0.419. The van der Waals surface area contributed by atoms with Gasteiger partial charge in [0.1, 0.15) is 0 Å². The van der Waals surface area contributed by atoms with Gasteiger partial charge in [0.05, 0.1) is 12.6 Å². The molecule has 0 aromatic carbocycles. The molecule has 7 heteroatoms. The lowest BCUT2D eigenvalue weighted by atomic mass is 9.92. The van der Waals surface area contributed by atoms with Gasteiger partial charge in [-0.25, -0.2) is 0 Å². The van der Waals surface area contributed by atoms with Gasteiger partial charge >= 0.3 is 0 Å². The Balaban J connectivity index is 0.00000180. The van der Waals surface area contributed by atoms with E-state index in [4.69, 9.17) is 10.5 Å². The maximum atomic E-state index is 11.9. The largest absolute Gasteiger partial charge is 0.381 e. The summed E-state index contributed by atoms with van der Waals surface area (Å²) in [6.07, 6.45) is 1.75. The van der Waals surface area contributed by atoms with Gasteiger partial charge in [-0.15, -0.1) is 23.7 Å². The quantitative estimate of drug-likeness (QED) is 0.856. The second-order valence-electron chi connectivity index (χ2n) is 4.42. The zero-order chi connectivity index (χ0) is 13.0. The van der Waals surface area contributed by atoms with E-state index < -0.39 is 6.04 Å². The average molecular weight is 370 g/mol. The summed E-state index contributed by atoms with van der Waals surface area (Å²) in [6, 6.07) is 1.59. The van der Waals surface area contributed by atoms with Crippen molar-refractivity contribution in [1.29, 1.82) is 0 Å². The molecule has 1 amide bonds.